The number of benzene rings is 2. The Morgan fingerprint density at radius 1 is 1.12 bits per heavy atom. The van der Waals surface area contributed by atoms with E-state index >= 15 is 0 Å². The van der Waals surface area contributed by atoms with E-state index in [1.54, 1.807) is 21.1 Å². The van der Waals surface area contributed by atoms with E-state index in [0.29, 0.717) is 6.61 Å². The van der Waals surface area contributed by atoms with Gasteiger partial charge < -0.3 is 19.9 Å². The summed E-state index contributed by atoms with van der Waals surface area (Å²) in [6.07, 6.45) is 0.137. The number of hydrogen-bond acceptors (Lipinski definition) is 5. The fourth-order valence-corrected chi connectivity index (χ4v) is 2.49. The molecular formula is C19H23NO4. The van der Waals surface area contributed by atoms with Crippen LogP contribution in [0.5, 0.6) is 11.5 Å². The average molecular weight is 329 g/mol. The number of carbonyl (C=O) groups excluding carboxylic acids is 1. The van der Waals surface area contributed by atoms with E-state index < -0.39 is 6.04 Å². The van der Waals surface area contributed by atoms with Crippen LogP contribution < -0.4 is 15.2 Å². The van der Waals surface area contributed by atoms with Gasteiger partial charge in [0, 0.05) is 11.6 Å². The van der Waals surface area contributed by atoms with Gasteiger partial charge in [-0.15, -0.1) is 0 Å². The molecule has 2 rings (SSSR count). The summed E-state index contributed by atoms with van der Waals surface area (Å²) in [6.45, 7) is 2.13. The van der Waals surface area contributed by atoms with E-state index in [1.807, 2.05) is 42.5 Å². The molecule has 1 atom stereocenters. The van der Waals surface area contributed by atoms with Crippen LogP contribution in [0.4, 0.5) is 0 Å². The Bertz CT molecular complexity index is 700. The highest BCUT2D eigenvalue weighted by atomic mass is 16.5. The van der Waals surface area contributed by atoms with Gasteiger partial charge in [-0.05, 0) is 42.3 Å². The normalized spacial score (nSPS) is 11.7. The minimum atomic E-state index is -0.431. The van der Waals surface area contributed by atoms with Gasteiger partial charge >= 0.3 is 5.97 Å². The highest BCUT2D eigenvalue weighted by Crippen LogP contribution is 2.34. The molecule has 2 aromatic carbocycles. The topological polar surface area (TPSA) is 70.8 Å². The zero-order valence-electron chi connectivity index (χ0n) is 14.2. The van der Waals surface area contributed by atoms with Crippen molar-refractivity contribution in [1.82, 2.24) is 0 Å². The lowest BCUT2D eigenvalue weighted by atomic mass is 9.97. The number of methoxy groups -OCH3 is 2. The van der Waals surface area contributed by atoms with Crippen molar-refractivity contribution in [2.75, 3.05) is 20.8 Å². The van der Waals surface area contributed by atoms with Gasteiger partial charge in [-0.25, -0.2) is 0 Å². The fourth-order valence-electron chi connectivity index (χ4n) is 2.49. The molecule has 0 amide bonds. The maximum absolute atomic E-state index is 11.6. The summed E-state index contributed by atoms with van der Waals surface area (Å²) in [5.41, 5.74) is 8.85. The molecule has 0 saturated carbocycles. The first-order valence-corrected chi connectivity index (χ1v) is 7.82. The Balaban J connectivity index is 2.35. The van der Waals surface area contributed by atoms with Crippen molar-refractivity contribution in [3.8, 4) is 22.6 Å². The predicted octanol–water partition coefficient (Wildman–Crippen LogP) is 3.32. The summed E-state index contributed by atoms with van der Waals surface area (Å²) in [4.78, 5) is 11.6. The number of carbonyl (C=O) groups is 1. The molecule has 5 heteroatoms. The minimum absolute atomic E-state index is 0.137. The first kappa shape index (κ1) is 17.8. The molecule has 0 aromatic heterocycles. The van der Waals surface area contributed by atoms with Crippen molar-refractivity contribution in [1.29, 1.82) is 0 Å². The van der Waals surface area contributed by atoms with Crippen LogP contribution in [-0.2, 0) is 9.53 Å². The maximum Gasteiger partial charge on any atom is 0.307 e. The molecule has 0 saturated heterocycles. The van der Waals surface area contributed by atoms with Gasteiger partial charge in [0.25, 0.3) is 0 Å². The summed E-state index contributed by atoms with van der Waals surface area (Å²) < 4.78 is 15.7. The Morgan fingerprint density at radius 3 is 2.58 bits per heavy atom. The molecule has 0 aliphatic carbocycles. The lowest BCUT2D eigenvalue weighted by molar-refractivity contribution is -0.143. The summed E-state index contributed by atoms with van der Waals surface area (Å²) in [5.74, 6) is 1.19. The fraction of sp³-hybridized carbons (Fsp3) is 0.316. The van der Waals surface area contributed by atoms with E-state index in [0.717, 1.165) is 28.2 Å². The number of rotatable bonds is 7. The second-order valence-electron chi connectivity index (χ2n) is 5.31. The summed E-state index contributed by atoms with van der Waals surface area (Å²) in [7, 11) is 3.25. The Kier molecular flexibility index (Phi) is 6.21. The van der Waals surface area contributed by atoms with Gasteiger partial charge in [-0.1, -0.05) is 18.2 Å². The first-order valence-electron chi connectivity index (χ1n) is 7.82. The van der Waals surface area contributed by atoms with Gasteiger partial charge in [0.2, 0.25) is 0 Å². The monoisotopic (exact) mass is 329 g/mol. The largest absolute Gasteiger partial charge is 0.497 e. The van der Waals surface area contributed by atoms with Crippen molar-refractivity contribution >= 4 is 5.97 Å². The van der Waals surface area contributed by atoms with Gasteiger partial charge in [0.15, 0.2) is 0 Å². The molecule has 2 N–H and O–H groups in total. The van der Waals surface area contributed by atoms with E-state index in [2.05, 4.69) is 0 Å². The molecule has 1 unspecified atom stereocenters. The van der Waals surface area contributed by atoms with Crippen molar-refractivity contribution < 1.29 is 19.0 Å². The van der Waals surface area contributed by atoms with Crippen LogP contribution in [0.2, 0.25) is 0 Å². The molecule has 128 valence electrons. The Labute approximate surface area is 142 Å². The molecular weight excluding hydrogens is 306 g/mol. The minimum Gasteiger partial charge on any atom is -0.497 e. The van der Waals surface area contributed by atoms with Crippen LogP contribution in [0.25, 0.3) is 11.1 Å². The van der Waals surface area contributed by atoms with Crippen LogP contribution in [0.3, 0.4) is 0 Å². The third kappa shape index (κ3) is 4.26. The number of esters is 1. The van der Waals surface area contributed by atoms with Crippen LogP contribution in [-0.4, -0.2) is 26.8 Å². The quantitative estimate of drug-likeness (QED) is 0.789. The molecule has 0 spiro atoms. The summed E-state index contributed by atoms with van der Waals surface area (Å²) in [6, 6.07) is 12.9. The van der Waals surface area contributed by atoms with E-state index in [-0.39, 0.29) is 12.4 Å². The summed E-state index contributed by atoms with van der Waals surface area (Å²) >= 11 is 0. The van der Waals surface area contributed by atoms with Crippen LogP contribution >= 0.6 is 0 Å². The lowest BCUT2D eigenvalue weighted by Crippen LogP contribution is -2.17. The molecule has 0 bridgehead atoms. The van der Waals surface area contributed by atoms with Gasteiger partial charge in [0.1, 0.15) is 11.5 Å². The molecule has 24 heavy (non-hydrogen) atoms. The van der Waals surface area contributed by atoms with Crippen molar-refractivity contribution in [2.24, 2.45) is 5.73 Å². The standard InChI is InChI=1S/C19H23NO4/c1-4-24-19(21)12-17(20)14-8-9-18(23-3)16(11-14)13-6-5-7-15(10-13)22-2/h5-11,17H,4,12,20H2,1-3H3. The van der Waals surface area contributed by atoms with Gasteiger partial charge in [-0.2, -0.15) is 0 Å². The van der Waals surface area contributed by atoms with Gasteiger partial charge in [-0.3, -0.25) is 4.79 Å². The van der Waals surface area contributed by atoms with Crippen molar-refractivity contribution in [2.45, 2.75) is 19.4 Å². The van der Waals surface area contributed by atoms with Crippen molar-refractivity contribution in [3.05, 3.63) is 48.0 Å². The Morgan fingerprint density at radius 2 is 1.92 bits per heavy atom. The SMILES string of the molecule is CCOC(=O)CC(N)c1ccc(OC)c(-c2cccc(OC)c2)c1. The second kappa shape index (κ2) is 8.36. The van der Waals surface area contributed by atoms with Gasteiger partial charge in [0.05, 0.1) is 27.2 Å². The predicted molar refractivity (Wildman–Crippen MR) is 93.2 cm³/mol. The maximum atomic E-state index is 11.6. The average Bonchev–Trinajstić information content (AvgIpc) is 2.61. The van der Waals surface area contributed by atoms with Crippen LogP contribution in [0.1, 0.15) is 24.9 Å². The second-order valence-corrected chi connectivity index (χ2v) is 5.31. The number of hydrogen-bond donors (Lipinski definition) is 1. The molecule has 0 aliphatic heterocycles. The zero-order chi connectivity index (χ0) is 17.5. The molecule has 0 radical (unpaired) electrons. The molecule has 0 aliphatic rings. The molecule has 2 aromatic rings. The molecule has 0 heterocycles. The smallest absolute Gasteiger partial charge is 0.307 e. The van der Waals surface area contributed by atoms with E-state index in [9.17, 15) is 4.79 Å². The Hall–Kier alpha value is -2.53. The lowest BCUT2D eigenvalue weighted by Gasteiger charge is -2.16. The highest BCUT2D eigenvalue weighted by Gasteiger charge is 2.15. The zero-order valence-corrected chi connectivity index (χ0v) is 14.2. The van der Waals surface area contributed by atoms with E-state index in [1.165, 1.54) is 0 Å². The van der Waals surface area contributed by atoms with Crippen molar-refractivity contribution in [3.63, 3.8) is 0 Å². The highest BCUT2D eigenvalue weighted by molar-refractivity contribution is 5.74. The number of ether oxygens (including phenoxy) is 3. The van der Waals surface area contributed by atoms with Crippen LogP contribution in [0, 0.1) is 0 Å². The third-order valence-corrected chi connectivity index (χ3v) is 3.72. The first-order chi connectivity index (χ1) is 11.6. The third-order valence-electron chi connectivity index (χ3n) is 3.72. The molecule has 0 fully saturated rings. The molecule has 5 nitrogen and oxygen atoms in total. The van der Waals surface area contributed by atoms with E-state index in [4.69, 9.17) is 19.9 Å². The number of nitrogens with two attached hydrogens (primary N) is 1. The van der Waals surface area contributed by atoms with Crippen LogP contribution in [0.15, 0.2) is 42.5 Å². The summed E-state index contributed by atoms with van der Waals surface area (Å²) in [5, 5.41) is 0.